The Morgan fingerprint density at radius 3 is 1.92 bits per heavy atom. The van der Waals surface area contributed by atoms with E-state index >= 15 is 0 Å². The molecule has 5 amide bonds. The molecule has 1 atom stereocenters. The molecule has 0 aliphatic carbocycles. The molecule has 48 heavy (non-hydrogen) atoms. The quantitative estimate of drug-likeness (QED) is 0.409. The minimum absolute atomic E-state index is 0.0204. The fraction of sp³-hybridized carbons (Fsp3) is 0.432. The van der Waals surface area contributed by atoms with Crippen LogP contribution in [0.4, 0.5) is 9.59 Å². The molecule has 1 N–H and O–H groups in total. The number of imide groups is 1. The van der Waals surface area contributed by atoms with E-state index in [1.165, 1.54) is 0 Å². The van der Waals surface area contributed by atoms with Crippen molar-refractivity contribution in [3.8, 4) is 22.5 Å². The number of piperidine rings is 2. The number of carbonyl (C=O) groups excluding carboxylic acids is 4. The standard InChI is InChI=1S/C37H44N6O5/c1-2-48-37(47)39-36(46)42-22-20-41(21-23-42)34(44)29-14-9-17-43(26-29)31-15-18-40(19-16-31)35(45)30-24-32(27-10-5-3-6-11-27)38-33(25-30)28-12-7-4-8-13-28/h3-8,10-13,24-25,29,31H,2,9,14-23,26H2,1H3,(H,39,46,47)/t29-/m1/s1. The molecule has 252 valence electrons. The van der Waals surface area contributed by atoms with Gasteiger partial charge in [-0.1, -0.05) is 60.7 Å². The van der Waals surface area contributed by atoms with Crippen LogP contribution in [0.3, 0.4) is 0 Å². The van der Waals surface area contributed by atoms with Crippen molar-refractivity contribution in [1.29, 1.82) is 0 Å². The van der Waals surface area contributed by atoms with E-state index in [0.29, 0.717) is 57.4 Å². The van der Waals surface area contributed by atoms with E-state index in [0.717, 1.165) is 54.7 Å². The molecular weight excluding hydrogens is 608 g/mol. The van der Waals surface area contributed by atoms with Crippen molar-refractivity contribution >= 4 is 23.9 Å². The van der Waals surface area contributed by atoms with Gasteiger partial charge >= 0.3 is 12.1 Å². The number of piperazine rings is 1. The number of amides is 5. The first-order valence-corrected chi connectivity index (χ1v) is 17.1. The van der Waals surface area contributed by atoms with Crippen molar-refractivity contribution in [2.45, 2.75) is 38.6 Å². The van der Waals surface area contributed by atoms with Crippen LogP contribution in [-0.2, 0) is 9.53 Å². The van der Waals surface area contributed by atoms with Gasteiger partial charge in [0.2, 0.25) is 5.91 Å². The van der Waals surface area contributed by atoms with Crippen molar-refractivity contribution in [3.05, 3.63) is 78.4 Å². The minimum Gasteiger partial charge on any atom is -0.450 e. The van der Waals surface area contributed by atoms with Crippen LogP contribution < -0.4 is 5.32 Å². The lowest BCUT2D eigenvalue weighted by Crippen LogP contribution is -2.56. The lowest BCUT2D eigenvalue weighted by Gasteiger charge is -2.43. The predicted octanol–water partition coefficient (Wildman–Crippen LogP) is 4.74. The first-order valence-electron chi connectivity index (χ1n) is 17.1. The summed E-state index contributed by atoms with van der Waals surface area (Å²) in [4.78, 5) is 64.1. The molecule has 2 aromatic carbocycles. The van der Waals surface area contributed by atoms with Gasteiger partial charge in [0.05, 0.1) is 23.9 Å². The molecule has 3 fully saturated rings. The summed E-state index contributed by atoms with van der Waals surface area (Å²) in [5.41, 5.74) is 4.14. The zero-order chi connectivity index (χ0) is 33.5. The van der Waals surface area contributed by atoms with E-state index in [2.05, 4.69) is 10.2 Å². The molecule has 3 aromatic rings. The number of carbonyl (C=O) groups is 4. The number of alkyl carbamates (subject to hydrolysis) is 1. The number of likely N-dealkylation sites (tertiary alicyclic amines) is 2. The Morgan fingerprint density at radius 2 is 1.33 bits per heavy atom. The van der Waals surface area contributed by atoms with Crippen LogP contribution in [0, 0.1) is 5.92 Å². The molecule has 0 radical (unpaired) electrons. The van der Waals surface area contributed by atoms with Crippen LogP contribution in [-0.4, -0.2) is 114 Å². The maximum Gasteiger partial charge on any atom is 0.415 e. The Balaban J connectivity index is 1.04. The van der Waals surface area contributed by atoms with E-state index < -0.39 is 12.1 Å². The van der Waals surface area contributed by atoms with Crippen molar-refractivity contribution in [2.24, 2.45) is 5.92 Å². The number of hydrogen-bond donors (Lipinski definition) is 1. The summed E-state index contributed by atoms with van der Waals surface area (Å²) >= 11 is 0. The van der Waals surface area contributed by atoms with Crippen molar-refractivity contribution in [3.63, 3.8) is 0 Å². The SMILES string of the molecule is CCOC(=O)NC(=O)N1CCN(C(=O)[C@@H]2CCCN(C3CCN(C(=O)c4cc(-c5ccccc5)nc(-c5ccccc5)c4)CC3)C2)CC1. The largest absolute Gasteiger partial charge is 0.450 e. The van der Waals surface area contributed by atoms with Crippen LogP contribution in [0.25, 0.3) is 22.5 Å². The summed E-state index contributed by atoms with van der Waals surface area (Å²) < 4.78 is 4.79. The van der Waals surface area contributed by atoms with Gasteiger partial charge in [-0.15, -0.1) is 0 Å². The maximum atomic E-state index is 13.9. The van der Waals surface area contributed by atoms with Crippen molar-refractivity contribution < 1.29 is 23.9 Å². The van der Waals surface area contributed by atoms with Crippen molar-refractivity contribution in [1.82, 2.24) is 29.9 Å². The molecule has 11 heteroatoms. The molecule has 0 unspecified atom stereocenters. The van der Waals surface area contributed by atoms with Gasteiger partial charge in [-0.25, -0.2) is 19.9 Å². The molecule has 1 aromatic heterocycles. The minimum atomic E-state index is -0.759. The highest BCUT2D eigenvalue weighted by molar-refractivity contribution is 5.96. The normalized spacial score (nSPS) is 19.1. The second-order valence-electron chi connectivity index (χ2n) is 12.7. The third-order valence-corrected chi connectivity index (χ3v) is 9.64. The fourth-order valence-electron chi connectivity index (χ4n) is 7.05. The van der Waals surface area contributed by atoms with Crippen LogP contribution in [0.5, 0.6) is 0 Å². The maximum absolute atomic E-state index is 13.9. The highest BCUT2D eigenvalue weighted by Crippen LogP contribution is 2.29. The molecule has 3 saturated heterocycles. The third-order valence-electron chi connectivity index (χ3n) is 9.64. The average molecular weight is 653 g/mol. The summed E-state index contributed by atoms with van der Waals surface area (Å²) in [5, 5.41) is 2.23. The topological polar surface area (TPSA) is 115 Å². The molecule has 4 heterocycles. The third kappa shape index (κ3) is 7.84. The number of benzene rings is 2. The summed E-state index contributed by atoms with van der Waals surface area (Å²) in [6.07, 6.45) is 2.78. The highest BCUT2D eigenvalue weighted by Gasteiger charge is 2.36. The molecule has 6 rings (SSSR count). The van der Waals surface area contributed by atoms with E-state index in [4.69, 9.17) is 9.72 Å². The zero-order valence-corrected chi connectivity index (χ0v) is 27.6. The Labute approximate surface area is 281 Å². The van der Waals surface area contributed by atoms with Gasteiger partial charge in [0.25, 0.3) is 5.91 Å². The monoisotopic (exact) mass is 652 g/mol. The Morgan fingerprint density at radius 1 is 0.750 bits per heavy atom. The number of hydrogen-bond acceptors (Lipinski definition) is 7. The lowest BCUT2D eigenvalue weighted by atomic mass is 9.92. The van der Waals surface area contributed by atoms with Crippen LogP contribution in [0.1, 0.15) is 43.0 Å². The molecule has 11 nitrogen and oxygen atoms in total. The first kappa shape index (κ1) is 33.1. The van der Waals surface area contributed by atoms with Crippen LogP contribution in [0.2, 0.25) is 0 Å². The molecule has 0 spiro atoms. The zero-order valence-electron chi connectivity index (χ0n) is 27.6. The van der Waals surface area contributed by atoms with E-state index in [1.54, 1.807) is 11.8 Å². The molecular formula is C37H44N6O5. The summed E-state index contributed by atoms with van der Waals surface area (Å²) in [7, 11) is 0. The second kappa shape index (κ2) is 15.4. The second-order valence-corrected chi connectivity index (χ2v) is 12.7. The number of pyridine rings is 1. The number of rotatable bonds is 6. The van der Waals surface area contributed by atoms with Gasteiger partial charge in [-0.05, 0) is 51.3 Å². The van der Waals surface area contributed by atoms with Gasteiger partial charge in [0.15, 0.2) is 0 Å². The number of nitrogens with zero attached hydrogens (tertiary/aromatic N) is 5. The summed E-state index contributed by atoms with van der Waals surface area (Å²) in [6.45, 7) is 6.50. The number of urea groups is 1. The van der Waals surface area contributed by atoms with Gasteiger partial charge in [-0.2, -0.15) is 0 Å². The number of ether oxygens (including phenoxy) is 1. The number of aromatic nitrogens is 1. The number of nitrogens with one attached hydrogen (secondary N) is 1. The van der Waals surface area contributed by atoms with Gasteiger partial charge in [0.1, 0.15) is 0 Å². The van der Waals surface area contributed by atoms with E-state index in [-0.39, 0.29) is 24.3 Å². The van der Waals surface area contributed by atoms with Crippen LogP contribution >= 0.6 is 0 Å². The summed E-state index contributed by atoms with van der Waals surface area (Å²) in [5.74, 6) is 0.0776. The molecule has 3 aliphatic heterocycles. The Hall–Kier alpha value is -4.77. The van der Waals surface area contributed by atoms with Crippen LogP contribution in [0.15, 0.2) is 72.8 Å². The first-order chi connectivity index (χ1) is 23.4. The average Bonchev–Trinajstić information content (AvgIpc) is 3.15. The highest BCUT2D eigenvalue weighted by atomic mass is 16.5. The Kier molecular flexibility index (Phi) is 10.6. The van der Waals surface area contributed by atoms with Gasteiger partial charge in [-0.3, -0.25) is 14.5 Å². The van der Waals surface area contributed by atoms with Gasteiger partial charge in [0, 0.05) is 68.5 Å². The summed E-state index contributed by atoms with van der Waals surface area (Å²) in [6, 6.07) is 23.6. The van der Waals surface area contributed by atoms with E-state index in [9.17, 15) is 19.2 Å². The Bertz CT molecular complexity index is 1530. The van der Waals surface area contributed by atoms with E-state index in [1.807, 2.05) is 82.6 Å². The van der Waals surface area contributed by atoms with Gasteiger partial charge < -0.3 is 19.4 Å². The lowest BCUT2D eigenvalue weighted by molar-refractivity contribution is -0.139. The predicted molar refractivity (Wildman–Crippen MR) is 182 cm³/mol. The smallest absolute Gasteiger partial charge is 0.415 e. The molecule has 3 aliphatic rings. The van der Waals surface area contributed by atoms with Crippen molar-refractivity contribution in [2.75, 3.05) is 59.0 Å². The fourth-order valence-corrected chi connectivity index (χ4v) is 7.05. The molecule has 0 saturated carbocycles. The molecule has 0 bridgehead atoms.